The molecule has 0 atom stereocenters. The molecule has 0 fully saturated rings. The maximum atomic E-state index is 13.6. The van der Waals surface area contributed by atoms with Gasteiger partial charge >= 0.3 is 5.97 Å². The number of esters is 1. The van der Waals surface area contributed by atoms with Crippen LogP contribution in [0.4, 0.5) is 20.2 Å². The van der Waals surface area contributed by atoms with Gasteiger partial charge in [0.1, 0.15) is 17.2 Å². The van der Waals surface area contributed by atoms with Crippen molar-refractivity contribution in [2.75, 3.05) is 11.9 Å². The zero-order chi connectivity index (χ0) is 18.6. The summed E-state index contributed by atoms with van der Waals surface area (Å²) >= 11 is 5.68. The van der Waals surface area contributed by atoms with E-state index in [9.17, 15) is 28.5 Å². The van der Waals surface area contributed by atoms with Crippen LogP contribution in [0.1, 0.15) is 10.4 Å². The molecule has 0 saturated heterocycles. The number of nitro benzene ring substituents is 1. The van der Waals surface area contributed by atoms with E-state index in [1.807, 2.05) is 5.32 Å². The molecule has 0 aliphatic carbocycles. The Hall–Kier alpha value is -3.07. The lowest BCUT2D eigenvalue weighted by Crippen LogP contribution is -2.22. The number of non-ortho nitro benzene ring substituents is 1. The van der Waals surface area contributed by atoms with E-state index < -0.39 is 52.0 Å². The van der Waals surface area contributed by atoms with Crippen LogP contribution in [0, 0.1) is 21.7 Å². The van der Waals surface area contributed by atoms with Gasteiger partial charge in [0.2, 0.25) is 0 Å². The molecule has 2 rings (SSSR count). The number of anilines is 1. The van der Waals surface area contributed by atoms with Gasteiger partial charge in [-0.25, -0.2) is 13.6 Å². The molecule has 2 aromatic carbocycles. The van der Waals surface area contributed by atoms with Crippen molar-refractivity contribution in [3.63, 3.8) is 0 Å². The monoisotopic (exact) mass is 370 g/mol. The average Bonchev–Trinajstić information content (AvgIpc) is 2.54. The molecule has 1 amide bonds. The molecule has 0 unspecified atom stereocenters. The second-order valence-corrected chi connectivity index (χ2v) is 5.05. The zero-order valence-electron chi connectivity index (χ0n) is 12.3. The Labute approximate surface area is 144 Å². The molecule has 0 aliphatic heterocycles. The van der Waals surface area contributed by atoms with Crippen LogP contribution < -0.4 is 5.32 Å². The highest BCUT2D eigenvalue weighted by Crippen LogP contribution is 2.22. The Bertz CT molecular complexity index is 840. The molecule has 0 radical (unpaired) electrons. The van der Waals surface area contributed by atoms with E-state index in [0.717, 1.165) is 24.3 Å². The van der Waals surface area contributed by atoms with Crippen LogP contribution in [0.15, 0.2) is 36.4 Å². The lowest BCUT2D eigenvalue weighted by Gasteiger charge is -2.08. The molecule has 2 aromatic rings. The van der Waals surface area contributed by atoms with Gasteiger partial charge in [0.05, 0.1) is 15.6 Å². The van der Waals surface area contributed by atoms with E-state index in [1.165, 1.54) is 12.1 Å². The van der Waals surface area contributed by atoms with Crippen LogP contribution in [-0.2, 0) is 9.53 Å². The van der Waals surface area contributed by atoms with Crippen molar-refractivity contribution in [3.05, 3.63) is 68.7 Å². The number of nitrogens with zero attached hydrogens (tertiary/aromatic N) is 1. The van der Waals surface area contributed by atoms with Crippen molar-refractivity contribution in [3.8, 4) is 0 Å². The van der Waals surface area contributed by atoms with Crippen LogP contribution in [0.2, 0.25) is 5.02 Å². The predicted molar refractivity (Wildman–Crippen MR) is 83.4 cm³/mol. The Kier molecular flexibility index (Phi) is 5.60. The first-order valence-electron chi connectivity index (χ1n) is 6.64. The van der Waals surface area contributed by atoms with Crippen LogP contribution in [0.5, 0.6) is 0 Å². The summed E-state index contributed by atoms with van der Waals surface area (Å²) in [5.74, 6) is -4.00. The van der Waals surface area contributed by atoms with Crippen LogP contribution in [0.25, 0.3) is 0 Å². The minimum Gasteiger partial charge on any atom is -0.452 e. The highest BCUT2D eigenvalue weighted by atomic mass is 35.5. The second-order valence-electron chi connectivity index (χ2n) is 4.64. The highest BCUT2D eigenvalue weighted by molar-refractivity contribution is 6.33. The Morgan fingerprint density at radius 2 is 1.92 bits per heavy atom. The maximum absolute atomic E-state index is 13.6. The first kappa shape index (κ1) is 18.3. The van der Waals surface area contributed by atoms with Gasteiger partial charge in [-0.1, -0.05) is 17.7 Å². The van der Waals surface area contributed by atoms with Crippen molar-refractivity contribution >= 4 is 34.9 Å². The molecular formula is C15H9ClF2N2O5. The highest BCUT2D eigenvalue weighted by Gasteiger charge is 2.19. The topological polar surface area (TPSA) is 98.5 Å². The van der Waals surface area contributed by atoms with Crippen molar-refractivity contribution in [1.82, 2.24) is 0 Å². The fourth-order valence-electron chi connectivity index (χ4n) is 1.80. The third-order valence-electron chi connectivity index (χ3n) is 2.94. The number of benzene rings is 2. The summed E-state index contributed by atoms with van der Waals surface area (Å²) in [6, 6.07) is 6.07. The lowest BCUT2D eigenvalue weighted by atomic mass is 10.2. The number of hydrogen-bond acceptors (Lipinski definition) is 5. The summed E-state index contributed by atoms with van der Waals surface area (Å²) < 4.78 is 31.7. The SMILES string of the molecule is O=C(COC(=O)c1c(F)cccc1Cl)Nc1cc([N+](=O)[O-])ccc1F. The van der Waals surface area contributed by atoms with E-state index in [2.05, 4.69) is 4.74 Å². The molecule has 0 heterocycles. The number of nitro groups is 1. The van der Waals surface area contributed by atoms with Crippen LogP contribution in [0.3, 0.4) is 0 Å². The number of nitrogens with one attached hydrogen (secondary N) is 1. The number of halogens is 3. The van der Waals surface area contributed by atoms with E-state index >= 15 is 0 Å². The normalized spacial score (nSPS) is 10.2. The van der Waals surface area contributed by atoms with Gasteiger partial charge in [0.25, 0.3) is 11.6 Å². The van der Waals surface area contributed by atoms with E-state index in [1.54, 1.807) is 0 Å². The lowest BCUT2D eigenvalue weighted by molar-refractivity contribution is -0.384. The minimum absolute atomic E-state index is 0.199. The van der Waals surface area contributed by atoms with Crippen LogP contribution in [-0.4, -0.2) is 23.4 Å². The molecular weight excluding hydrogens is 362 g/mol. The number of carbonyl (C=O) groups excluding carboxylic acids is 2. The first-order chi connectivity index (χ1) is 11.8. The van der Waals surface area contributed by atoms with Gasteiger partial charge in [0, 0.05) is 12.1 Å². The number of rotatable bonds is 5. The number of ether oxygens (including phenoxy) is 1. The molecule has 10 heteroatoms. The molecule has 0 bridgehead atoms. The molecule has 7 nitrogen and oxygen atoms in total. The summed E-state index contributed by atoms with van der Waals surface area (Å²) in [5.41, 5.74) is -1.44. The summed E-state index contributed by atoms with van der Waals surface area (Å²) in [7, 11) is 0. The molecule has 0 saturated carbocycles. The van der Waals surface area contributed by atoms with Crippen LogP contribution >= 0.6 is 11.6 Å². The van der Waals surface area contributed by atoms with Crippen molar-refractivity contribution in [2.24, 2.45) is 0 Å². The largest absolute Gasteiger partial charge is 0.452 e. The van der Waals surface area contributed by atoms with Gasteiger partial charge in [-0.3, -0.25) is 14.9 Å². The summed E-state index contributed by atoms with van der Waals surface area (Å²) in [5, 5.41) is 12.5. The Morgan fingerprint density at radius 3 is 2.56 bits per heavy atom. The second kappa shape index (κ2) is 7.67. The molecule has 1 N–H and O–H groups in total. The van der Waals surface area contributed by atoms with Gasteiger partial charge in [-0.05, 0) is 18.2 Å². The van der Waals surface area contributed by atoms with Gasteiger partial charge < -0.3 is 10.1 Å². The molecule has 25 heavy (non-hydrogen) atoms. The van der Waals surface area contributed by atoms with Crippen molar-refractivity contribution in [1.29, 1.82) is 0 Å². The van der Waals surface area contributed by atoms with Crippen molar-refractivity contribution < 1.29 is 28.0 Å². The molecule has 0 aliphatic rings. The van der Waals surface area contributed by atoms with Gasteiger partial charge in [-0.15, -0.1) is 0 Å². The van der Waals surface area contributed by atoms with Gasteiger partial charge in [-0.2, -0.15) is 0 Å². The third kappa shape index (κ3) is 4.48. The maximum Gasteiger partial charge on any atom is 0.343 e. The number of carbonyl (C=O) groups is 2. The predicted octanol–water partition coefficient (Wildman–Crippen LogP) is 3.32. The summed E-state index contributed by atoms with van der Waals surface area (Å²) in [6.45, 7) is -0.869. The zero-order valence-corrected chi connectivity index (χ0v) is 13.0. The smallest absolute Gasteiger partial charge is 0.343 e. The fraction of sp³-hybridized carbons (Fsp3) is 0.0667. The van der Waals surface area contributed by atoms with E-state index in [-0.39, 0.29) is 5.02 Å². The summed E-state index contributed by atoms with van der Waals surface area (Å²) in [6.07, 6.45) is 0. The molecule has 130 valence electrons. The van der Waals surface area contributed by atoms with E-state index in [4.69, 9.17) is 11.6 Å². The average molecular weight is 371 g/mol. The fourth-order valence-corrected chi connectivity index (χ4v) is 2.05. The Balaban J connectivity index is 2.03. The standard InChI is InChI=1S/C15H9ClF2N2O5/c16-9-2-1-3-11(18)14(9)15(22)25-7-13(21)19-12-6-8(20(23)24)4-5-10(12)17/h1-6H,7H2,(H,19,21). The van der Waals surface area contributed by atoms with Crippen molar-refractivity contribution in [2.45, 2.75) is 0 Å². The minimum atomic E-state index is -1.18. The number of hydrogen-bond donors (Lipinski definition) is 1. The first-order valence-corrected chi connectivity index (χ1v) is 7.02. The summed E-state index contributed by atoms with van der Waals surface area (Å²) in [4.78, 5) is 33.3. The number of amides is 1. The molecule has 0 spiro atoms. The van der Waals surface area contributed by atoms with E-state index in [0.29, 0.717) is 0 Å². The van der Waals surface area contributed by atoms with Gasteiger partial charge in [0.15, 0.2) is 6.61 Å². The Morgan fingerprint density at radius 1 is 1.20 bits per heavy atom. The quantitative estimate of drug-likeness (QED) is 0.494. The molecule has 0 aromatic heterocycles. The third-order valence-corrected chi connectivity index (χ3v) is 3.25.